The molecule has 0 unspecified atom stereocenters. The summed E-state index contributed by atoms with van der Waals surface area (Å²) in [5.74, 6) is -2.06. The Balaban J connectivity index is 1.83. The van der Waals surface area contributed by atoms with Crippen LogP contribution in [0.2, 0.25) is 0 Å². The summed E-state index contributed by atoms with van der Waals surface area (Å²) in [7, 11) is 0. The van der Waals surface area contributed by atoms with Crippen LogP contribution < -0.4 is 0 Å². The topological polar surface area (TPSA) is 76.4 Å². The molecule has 0 aliphatic carbocycles. The third-order valence-electron chi connectivity index (χ3n) is 4.79. The first-order valence-electron chi connectivity index (χ1n) is 9.71. The highest BCUT2D eigenvalue weighted by Gasteiger charge is 2.30. The number of ether oxygens (including phenoxy) is 2. The number of hydrogen-bond acceptors (Lipinski definition) is 6. The fourth-order valence-electron chi connectivity index (χ4n) is 3.35. The second kappa shape index (κ2) is 9.62. The van der Waals surface area contributed by atoms with Gasteiger partial charge in [-0.05, 0) is 68.0 Å². The van der Waals surface area contributed by atoms with E-state index in [1.165, 1.54) is 11.1 Å². The molecule has 0 saturated carbocycles. The fourth-order valence-corrected chi connectivity index (χ4v) is 4.50. The SMILES string of the molecule is CCOC(=O)C(Cc1ccc2c(c1)CCc1ccc(C#N)cc1S2)C(=O)OCC. The molecule has 5 nitrogen and oxygen atoms in total. The standard InChI is InChI=1S/C23H23NO4S/c1-3-27-22(25)19(23(26)28-4-2)12-15-6-10-20-18(11-15)9-8-17-7-5-16(14-24)13-21(17)29-20/h5-7,10-11,13,19H,3-4,8-9,12H2,1-2H3. The summed E-state index contributed by atoms with van der Waals surface area (Å²) < 4.78 is 10.1. The highest BCUT2D eigenvalue weighted by molar-refractivity contribution is 7.99. The minimum Gasteiger partial charge on any atom is -0.465 e. The van der Waals surface area contributed by atoms with Gasteiger partial charge in [-0.2, -0.15) is 5.26 Å². The predicted octanol–water partition coefficient (Wildman–Crippen LogP) is 4.09. The first-order chi connectivity index (χ1) is 14.0. The Kier molecular flexibility index (Phi) is 6.95. The number of benzene rings is 2. The van der Waals surface area contributed by atoms with E-state index in [0.717, 1.165) is 28.2 Å². The van der Waals surface area contributed by atoms with E-state index in [-0.39, 0.29) is 19.6 Å². The quantitative estimate of drug-likeness (QED) is 0.528. The smallest absolute Gasteiger partial charge is 0.320 e. The first-order valence-corrected chi connectivity index (χ1v) is 10.5. The van der Waals surface area contributed by atoms with Crippen molar-refractivity contribution in [1.29, 1.82) is 5.26 Å². The Hall–Kier alpha value is -2.78. The summed E-state index contributed by atoms with van der Waals surface area (Å²) in [6, 6.07) is 14.0. The molecule has 1 aliphatic heterocycles. The zero-order chi connectivity index (χ0) is 20.8. The van der Waals surface area contributed by atoms with Crippen molar-refractivity contribution >= 4 is 23.7 Å². The van der Waals surface area contributed by atoms with Gasteiger partial charge in [0, 0.05) is 9.79 Å². The zero-order valence-electron chi connectivity index (χ0n) is 16.6. The number of nitriles is 1. The van der Waals surface area contributed by atoms with Crippen LogP contribution >= 0.6 is 11.8 Å². The van der Waals surface area contributed by atoms with Crippen molar-refractivity contribution in [2.24, 2.45) is 5.92 Å². The predicted molar refractivity (Wildman–Crippen MR) is 110 cm³/mol. The number of esters is 2. The van der Waals surface area contributed by atoms with E-state index in [1.54, 1.807) is 25.6 Å². The number of aryl methyl sites for hydroxylation is 2. The highest BCUT2D eigenvalue weighted by Crippen LogP contribution is 2.38. The molecule has 1 heterocycles. The molecule has 29 heavy (non-hydrogen) atoms. The molecule has 0 amide bonds. The van der Waals surface area contributed by atoms with Crippen molar-refractivity contribution in [3.05, 3.63) is 58.7 Å². The van der Waals surface area contributed by atoms with Gasteiger partial charge in [-0.3, -0.25) is 9.59 Å². The number of fused-ring (bicyclic) bond motifs is 2. The van der Waals surface area contributed by atoms with Crippen LogP contribution in [-0.2, 0) is 38.3 Å². The van der Waals surface area contributed by atoms with Gasteiger partial charge in [-0.25, -0.2) is 0 Å². The lowest BCUT2D eigenvalue weighted by molar-refractivity contribution is -0.161. The maximum absolute atomic E-state index is 12.3. The third-order valence-corrected chi connectivity index (χ3v) is 6.00. The van der Waals surface area contributed by atoms with Crippen LogP contribution in [0.4, 0.5) is 0 Å². The van der Waals surface area contributed by atoms with Gasteiger partial charge in [0.2, 0.25) is 0 Å². The van der Waals surface area contributed by atoms with Crippen molar-refractivity contribution in [2.45, 2.75) is 42.9 Å². The summed E-state index contributed by atoms with van der Waals surface area (Å²) in [5, 5.41) is 9.16. The van der Waals surface area contributed by atoms with Gasteiger partial charge in [-0.1, -0.05) is 30.0 Å². The lowest BCUT2D eigenvalue weighted by Gasteiger charge is -2.15. The van der Waals surface area contributed by atoms with Gasteiger partial charge >= 0.3 is 11.9 Å². The molecule has 1 aliphatic rings. The van der Waals surface area contributed by atoms with E-state index >= 15 is 0 Å². The van der Waals surface area contributed by atoms with E-state index in [2.05, 4.69) is 12.1 Å². The summed E-state index contributed by atoms with van der Waals surface area (Å²) in [5.41, 5.74) is 3.96. The second-order valence-corrected chi connectivity index (χ2v) is 7.82. The van der Waals surface area contributed by atoms with E-state index in [4.69, 9.17) is 14.7 Å². The van der Waals surface area contributed by atoms with Crippen LogP contribution in [0.25, 0.3) is 0 Å². The van der Waals surface area contributed by atoms with Gasteiger partial charge in [-0.15, -0.1) is 0 Å². The van der Waals surface area contributed by atoms with Crippen molar-refractivity contribution in [1.82, 2.24) is 0 Å². The van der Waals surface area contributed by atoms with E-state index in [0.29, 0.717) is 5.56 Å². The highest BCUT2D eigenvalue weighted by atomic mass is 32.2. The third kappa shape index (κ3) is 4.99. The molecular formula is C23H23NO4S. The number of nitrogens with zero attached hydrogens (tertiary/aromatic N) is 1. The van der Waals surface area contributed by atoms with Crippen LogP contribution in [0.3, 0.4) is 0 Å². The Morgan fingerprint density at radius 1 is 1.00 bits per heavy atom. The molecule has 0 fully saturated rings. The minimum absolute atomic E-state index is 0.221. The van der Waals surface area contributed by atoms with Crippen molar-refractivity contribution in [3.8, 4) is 6.07 Å². The second-order valence-electron chi connectivity index (χ2n) is 6.74. The van der Waals surface area contributed by atoms with Gasteiger partial charge in [0.1, 0.15) is 0 Å². The molecule has 0 radical (unpaired) electrons. The number of carbonyl (C=O) groups is 2. The molecule has 2 aromatic rings. The van der Waals surface area contributed by atoms with E-state index in [1.807, 2.05) is 30.3 Å². The number of hydrogen-bond donors (Lipinski definition) is 0. The minimum atomic E-state index is -0.957. The van der Waals surface area contributed by atoms with Gasteiger partial charge in [0.25, 0.3) is 0 Å². The summed E-state index contributed by atoms with van der Waals surface area (Å²) >= 11 is 1.65. The molecule has 2 aromatic carbocycles. The monoisotopic (exact) mass is 409 g/mol. The van der Waals surface area contributed by atoms with Crippen LogP contribution in [0.15, 0.2) is 46.2 Å². The average molecular weight is 410 g/mol. The average Bonchev–Trinajstić information content (AvgIpc) is 2.90. The zero-order valence-corrected chi connectivity index (χ0v) is 17.4. The molecule has 6 heteroatoms. The molecule has 150 valence electrons. The molecule has 0 atom stereocenters. The largest absolute Gasteiger partial charge is 0.465 e. The first kappa shape index (κ1) is 20.9. The van der Waals surface area contributed by atoms with Crippen LogP contribution in [0.1, 0.15) is 36.1 Å². The number of rotatable bonds is 6. The summed E-state index contributed by atoms with van der Waals surface area (Å²) in [6.45, 7) is 3.88. The van der Waals surface area contributed by atoms with Crippen molar-refractivity contribution in [3.63, 3.8) is 0 Å². The molecule has 0 spiro atoms. The molecule has 0 saturated heterocycles. The molecule has 0 aromatic heterocycles. The molecule has 3 rings (SSSR count). The summed E-state index contributed by atoms with van der Waals surface area (Å²) in [6.07, 6.45) is 1.99. The fraction of sp³-hybridized carbons (Fsp3) is 0.348. The molecule has 0 bridgehead atoms. The maximum Gasteiger partial charge on any atom is 0.320 e. The molecule has 0 N–H and O–H groups in total. The van der Waals surface area contributed by atoms with E-state index in [9.17, 15) is 9.59 Å². The van der Waals surface area contributed by atoms with Crippen LogP contribution in [-0.4, -0.2) is 25.2 Å². The lowest BCUT2D eigenvalue weighted by Crippen LogP contribution is -2.30. The lowest BCUT2D eigenvalue weighted by atomic mass is 9.96. The van der Waals surface area contributed by atoms with Gasteiger partial charge < -0.3 is 9.47 Å². The molecular weight excluding hydrogens is 386 g/mol. The van der Waals surface area contributed by atoms with Gasteiger partial charge in [0.05, 0.1) is 24.8 Å². The number of carbonyl (C=O) groups excluding carboxylic acids is 2. The Bertz CT molecular complexity index is 946. The van der Waals surface area contributed by atoms with Crippen molar-refractivity contribution < 1.29 is 19.1 Å². The van der Waals surface area contributed by atoms with E-state index < -0.39 is 17.9 Å². The van der Waals surface area contributed by atoms with Crippen LogP contribution in [0, 0.1) is 17.2 Å². The Labute approximate surface area is 175 Å². The van der Waals surface area contributed by atoms with Gasteiger partial charge in [0.15, 0.2) is 5.92 Å². The van der Waals surface area contributed by atoms with Crippen LogP contribution in [0.5, 0.6) is 0 Å². The van der Waals surface area contributed by atoms with Crippen molar-refractivity contribution in [2.75, 3.05) is 13.2 Å². The normalized spacial score (nSPS) is 12.3. The maximum atomic E-state index is 12.3. The Morgan fingerprint density at radius 2 is 1.69 bits per heavy atom. The summed E-state index contributed by atoms with van der Waals surface area (Å²) in [4.78, 5) is 26.8. The Morgan fingerprint density at radius 3 is 2.34 bits per heavy atom.